The number of anilines is 1. The third-order valence-electron chi connectivity index (χ3n) is 7.77. The second kappa shape index (κ2) is 13.4. The fraction of sp³-hybridized carbons (Fsp3) is 0.400. The summed E-state index contributed by atoms with van der Waals surface area (Å²) in [5.41, 5.74) is 2.61. The Hall–Kier alpha value is -2.55. The van der Waals surface area contributed by atoms with Crippen LogP contribution in [-0.2, 0) is 13.1 Å². The lowest BCUT2D eigenvalue weighted by atomic mass is 10.0. The molecule has 7 nitrogen and oxygen atoms in total. The highest BCUT2D eigenvalue weighted by Crippen LogP contribution is 2.27. The number of benzene rings is 2. The van der Waals surface area contributed by atoms with Crippen molar-refractivity contribution in [2.75, 3.05) is 51.3 Å². The zero-order chi connectivity index (χ0) is 28.1. The van der Waals surface area contributed by atoms with Gasteiger partial charge in [-0.05, 0) is 67.4 Å². The SMILES string of the molecule is COc1ccc(CN2CCC(N3CCN(c4ncc(C(=O)NCc5ccc(Cl)c(Cl)c5)cc4Cl)CC3)CC2)cc1. The second-order valence-electron chi connectivity index (χ2n) is 10.3. The van der Waals surface area contributed by atoms with Crippen LogP contribution < -0.4 is 15.0 Å². The van der Waals surface area contributed by atoms with Crippen molar-refractivity contribution in [3.63, 3.8) is 0 Å². The van der Waals surface area contributed by atoms with Crippen LogP contribution in [0.3, 0.4) is 0 Å². The molecule has 0 saturated carbocycles. The van der Waals surface area contributed by atoms with Crippen LogP contribution in [0, 0.1) is 0 Å². The van der Waals surface area contributed by atoms with E-state index in [4.69, 9.17) is 39.5 Å². The Bertz CT molecular complexity index is 1310. The van der Waals surface area contributed by atoms with Crippen LogP contribution in [0.4, 0.5) is 5.82 Å². The van der Waals surface area contributed by atoms with Crippen LogP contribution in [0.15, 0.2) is 54.7 Å². The summed E-state index contributed by atoms with van der Waals surface area (Å²) in [5, 5.41) is 4.31. The summed E-state index contributed by atoms with van der Waals surface area (Å²) >= 11 is 18.6. The number of methoxy groups -OCH3 is 1. The molecule has 2 aliphatic heterocycles. The maximum atomic E-state index is 12.7. The number of piperazine rings is 1. The molecule has 1 amide bonds. The molecule has 1 aromatic heterocycles. The molecule has 0 spiro atoms. The maximum absolute atomic E-state index is 12.7. The van der Waals surface area contributed by atoms with E-state index in [0.717, 1.165) is 62.9 Å². The second-order valence-corrected chi connectivity index (χ2v) is 11.6. The van der Waals surface area contributed by atoms with E-state index in [2.05, 4.69) is 37.1 Å². The van der Waals surface area contributed by atoms with Crippen LogP contribution in [0.1, 0.15) is 34.3 Å². The number of piperidine rings is 1. The number of nitrogens with zero attached hydrogens (tertiary/aromatic N) is 4. The molecule has 0 radical (unpaired) electrons. The largest absolute Gasteiger partial charge is 0.497 e. The minimum Gasteiger partial charge on any atom is -0.497 e. The van der Waals surface area contributed by atoms with E-state index >= 15 is 0 Å². The van der Waals surface area contributed by atoms with Crippen molar-refractivity contribution in [2.45, 2.75) is 32.0 Å². The molecule has 3 heterocycles. The number of hydrogen-bond donors (Lipinski definition) is 1. The summed E-state index contributed by atoms with van der Waals surface area (Å²) in [4.78, 5) is 24.6. The van der Waals surface area contributed by atoms with E-state index in [9.17, 15) is 4.79 Å². The number of carbonyl (C=O) groups excluding carboxylic acids is 1. The topological polar surface area (TPSA) is 60.9 Å². The van der Waals surface area contributed by atoms with Crippen molar-refractivity contribution in [1.29, 1.82) is 0 Å². The summed E-state index contributed by atoms with van der Waals surface area (Å²) in [7, 11) is 1.70. The van der Waals surface area contributed by atoms with Gasteiger partial charge in [0.05, 0.1) is 27.7 Å². The first-order valence-corrected chi connectivity index (χ1v) is 14.7. The highest BCUT2D eigenvalue weighted by molar-refractivity contribution is 6.42. The Morgan fingerprint density at radius 1 is 0.900 bits per heavy atom. The number of ether oxygens (including phenoxy) is 1. The molecule has 1 N–H and O–H groups in total. The Labute approximate surface area is 251 Å². The Morgan fingerprint density at radius 3 is 2.25 bits per heavy atom. The van der Waals surface area contributed by atoms with E-state index in [1.807, 2.05) is 18.2 Å². The van der Waals surface area contributed by atoms with Crippen LogP contribution in [0.25, 0.3) is 0 Å². The summed E-state index contributed by atoms with van der Waals surface area (Å²) in [6.45, 7) is 7.22. The number of halogens is 3. The summed E-state index contributed by atoms with van der Waals surface area (Å²) in [6, 6.07) is 16.0. The van der Waals surface area contributed by atoms with Gasteiger partial charge >= 0.3 is 0 Å². The quantitative estimate of drug-likeness (QED) is 0.354. The average molecular weight is 603 g/mol. The van der Waals surface area contributed by atoms with E-state index in [1.165, 1.54) is 18.4 Å². The van der Waals surface area contributed by atoms with Crippen molar-refractivity contribution in [3.8, 4) is 5.75 Å². The highest BCUT2D eigenvalue weighted by atomic mass is 35.5. The Kier molecular flexibility index (Phi) is 9.71. The lowest BCUT2D eigenvalue weighted by Gasteiger charge is -2.43. The molecular formula is C30H34Cl3N5O2. The predicted octanol–water partition coefficient (Wildman–Crippen LogP) is 5.77. The Morgan fingerprint density at radius 2 is 1.60 bits per heavy atom. The van der Waals surface area contributed by atoms with Gasteiger partial charge in [0.25, 0.3) is 5.91 Å². The van der Waals surface area contributed by atoms with Crippen LogP contribution in [-0.4, -0.2) is 73.1 Å². The smallest absolute Gasteiger partial charge is 0.253 e. The molecule has 10 heteroatoms. The van der Waals surface area contributed by atoms with E-state index < -0.39 is 0 Å². The fourth-order valence-corrected chi connectivity index (χ4v) is 6.06. The first-order valence-electron chi connectivity index (χ1n) is 13.6. The van der Waals surface area contributed by atoms with Gasteiger partial charge in [0.15, 0.2) is 0 Å². The van der Waals surface area contributed by atoms with Crippen molar-refractivity contribution >= 4 is 46.5 Å². The molecule has 212 valence electrons. The van der Waals surface area contributed by atoms with Crippen molar-refractivity contribution in [1.82, 2.24) is 20.1 Å². The van der Waals surface area contributed by atoms with Crippen molar-refractivity contribution < 1.29 is 9.53 Å². The van der Waals surface area contributed by atoms with Gasteiger partial charge in [0.1, 0.15) is 11.6 Å². The minimum atomic E-state index is -0.241. The van der Waals surface area contributed by atoms with Gasteiger partial charge in [-0.2, -0.15) is 0 Å². The van der Waals surface area contributed by atoms with E-state index in [0.29, 0.717) is 33.2 Å². The molecule has 2 saturated heterocycles. The van der Waals surface area contributed by atoms with E-state index in [-0.39, 0.29) is 5.91 Å². The molecule has 3 aromatic rings. The summed E-state index contributed by atoms with van der Waals surface area (Å²) in [5.74, 6) is 1.39. The molecule has 0 unspecified atom stereocenters. The molecule has 5 rings (SSSR count). The zero-order valence-electron chi connectivity index (χ0n) is 22.6. The first-order chi connectivity index (χ1) is 19.4. The molecule has 2 fully saturated rings. The maximum Gasteiger partial charge on any atom is 0.253 e. The molecule has 40 heavy (non-hydrogen) atoms. The number of nitrogens with one attached hydrogen (secondary N) is 1. The van der Waals surface area contributed by atoms with Gasteiger partial charge in [0, 0.05) is 51.5 Å². The normalized spacial score (nSPS) is 17.1. The number of carbonyl (C=O) groups is 1. The number of aromatic nitrogens is 1. The van der Waals surface area contributed by atoms with Gasteiger partial charge in [-0.25, -0.2) is 4.98 Å². The lowest BCUT2D eigenvalue weighted by molar-refractivity contribution is 0.0950. The standard InChI is InChI=1S/C30H34Cl3N5O2/c1-40-25-5-2-21(3-6-25)20-36-10-8-24(9-11-36)37-12-14-38(15-13-37)29-28(33)17-23(19-34-29)30(39)35-18-22-4-7-26(31)27(32)16-22/h2-7,16-17,19,24H,8-15,18,20H2,1H3,(H,35,39). The molecule has 0 bridgehead atoms. The van der Waals surface area contributed by atoms with Gasteiger partial charge in [0.2, 0.25) is 0 Å². The average Bonchev–Trinajstić information content (AvgIpc) is 2.98. The number of likely N-dealkylation sites (tertiary alicyclic amines) is 1. The lowest BCUT2D eigenvalue weighted by Crippen LogP contribution is -2.53. The minimum absolute atomic E-state index is 0.241. The monoisotopic (exact) mass is 601 g/mol. The van der Waals surface area contributed by atoms with Gasteiger partial charge in [-0.3, -0.25) is 14.6 Å². The molecule has 2 aliphatic rings. The van der Waals surface area contributed by atoms with Crippen LogP contribution >= 0.6 is 34.8 Å². The summed E-state index contributed by atoms with van der Waals surface area (Å²) < 4.78 is 5.27. The molecule has 2 aromatic carbocycles. The molecule has 0 atom stereocenters. The van der Waals surface area contributed by atoms with Gasteiger partial charge in [-0.1, -0.05) is 53.0 Å². The van der Waals surface area contributed by atoms with Crippen molar-refractivity contribution in [3.05, 3.63) is 86.5 Å². The summed E-state index contributed by atoms with van der Waals surface area (Å²) in [6.07, 6.45) is 3.96. The van der Waals surface area contributed by atoms with Crippen LogP contribution in [0.2, 0.25) is 15.1 Å². The molecular weight excluding hydrogens is 569 g/mol. The van der Waals surface area contributed by atoms with Gasteiger partial charge < -0.3 is 15.0 Å². The third-order valence-corrected chi connectivity index (χ3v) is 8.79. The highest BCUT2D eigenvalue weighted by Gasteiger charge is 2.28. The van der Waals surface area contributed by atoms with E-state index in [1.54, 1.807) is 31.5 Å². The number of hydrogen-bond acceptors (Lipinski definition) is 6. The van der Waals surface area contributed by atoms with Crippen molar-refractivity contribution in [2.24, 2.45) is 0 Å². The fourth-order valence-electron chi connectivity index (χ4n) is 5.45. The molecule has 0 aliphatic carbocycles. The van der Waals surface area contributed by atoms with Gasteiger partial charge in [-0.15, -0.1) is 0 Å². The van der Waals surface area contributed by atoms with Crippen LogP contribution in [0.5, 0.6) is 5.75 Å². The third kappa shape index (κ3) is 7.20. The number of amides is 1. The first kappa shape index (κ1) is 29.0. The Balaban J connectivity index is 1.08. The number of pyridine rings is 1. The predicted molar refractivity (Wildman–Crippen MR) is 162 cm³/mol. The number of rotatable bonds is 8. The zero-order valence-corrected chi connectivity index (χ0v) is 24.9.